The summed E-state index contributed by atoms with van der Waals surface area (Å²) in [5.74, 6) is 0. The third-order valence-electron chi connectivity index (χ3n) is 1.80. The van der Waals surface area contributed by atoms with Crippen molar-refractivity contribution in [3.05, 3.63) is 35.9 Å². The molecule has 0 spiro atoms. The van der Waals surface area contributed by atoms with E-state index in [0.29, 0.717) is 0 Å². The van der Waals surface area contributed by atoms with Gasteiger partial charge in [-0.15, -0.1) is 0 Å². The summed E-state index contributed by atoms with van der Waals surface area (Å²) in [6, 6.07) is 10.1. The summed E-state index contributed by atoms with van der Waals surface area (Å²) >= 11 is 0. The van der Waals surface area contributed by atoms with E-state index < -0.39 is 0 Å². The first kappa shape index (κ1) is 9.78. The Morgan fingerprint density at radius 3 is 2.54 bits per heavy atom. The van der Waals surface area contributed by atoms with Gasteiger partial charge in [-0.3, -0.25) is 0 Å². The molecule has 2 heteroatoms. The van der Waals surface area contributed by atoms with E-state index in [1.807, 2.05) is 30.3 Å². The Balaban J connectivity index is 2.83. The van der Waals surface area contributed by atoms with Crippen LogP contribution < -0.4 is 0 Å². The van der Waals surface area contributed by atoms with Crippen molar-refractivity contribution in [1.29, 1.82) is 0 Å². The van der Waals surface area contributed by atoms with E-state index in [1.54, 1.807) is 7.11 Å². The van der Waals surface area contributed by atoms with Crippen molar-refractivity contribution in [1.82, 2.24) is 0 Å². The lowest BCUT2D eigenvalue weighted by molar-refractivity contribution is 0.213. The lowest BCUT2D eigenvalue weighted by atomic mass is 10.1. The molecule has 1 aromatic rings. The molecule has 0 radical (unpaired) electrons. The highest BCUT2D eigenvalue weighted by Crippen LogP contribution is 2.06. The standard InChI is InChI=1S/C11H15NO/c1-3-7-11(12-13-2)10-8-5-4-6-9-10/h4-6,8-9H,3,7H2,1-2H3. The van der Waals surface area contributed by atoms with Gasteiger partial charge in [0.15, 0.2) is 0 Å². The largest absolute Gasteiger partial charge is 0.399 e. The van der Waals surface area contributed by atoms with Crippen molar-refractivity contribution >= 4 is 5.71 Å². The Morgan fingerprint density at radius 2 is 2.00 bits per heavy atom. The van der Waals surface area contributed by atoms with Crippen LogP contribution in [0.25, 0.3) is 0 Å². The zero-order valence-electron chi connectivity index (χ0n) is 8.16. The van der Waals surface area contributed by atoms with Crippen LogP contribution in [0.5, 0.6) is 0 Å². The van der Waals surface area contributed by atoms with E-state index in [2.05, 4.69) is 12.1 Å². The third-order valence-corrected chi connectivity index (χ3v) is 1.80. The maximum atomic E-state index is 4.80. The van der Waals surface area contributed by atoms with Crippen LogP contribution in [0.1, 0.15) is 25.3 Å². The van der Waals surface area contributed by atoms with E-state index in [0.717, 1.165) is 24.1 Å². The molecule has 0 saturated heterocycles. The fourth-order valence-electron chi connectivity index (χ4n) is 1.22. The molecule has 70 valence electrons. The van der Waals surface area contributed by atoms with Gasteiger partial charge >= 0.3 is 0 Å². The zero-order chi connectivity index (χ0) is 9.52. The van der Waals surface area contributed by atoms with Crippen LogP contribution in [0.15, 0.2) is 35.5 Å². The predicted molar refractivity (Wildman–Crippen MR) is 54.9 cm³/mol. The number of nitrogens with zero attached hydrogens (tertiary/aromatic N) is 1. The maximum absolute atomic E-state index is 4.80. The van der Waals surface area contributed by atoms with E-state index >= 15 is 0 Å². The van der Waals surface area contributed by atoms with E-state index in [9.17, 15) is 0 Å². The number of hydrogen-bond acceptors (Lipinski definition) is 2. The first-order valence-corrected chi connectivity index (χ1v) is 4.54. The van der Waals surface area contributed by atoms with Gasteiger partial charge < -0.3 is 4.84 Å². The average Bonchev–Trinajstić information content (AvgIpc) is 2.19. The molecule has 0 amide bonds. The summed E-state index contributed by atoms with van der Waals surface area (Å²) in [6.07, 6.45) is 2.04. The maximum Gasteiger partial charge on any atom is 0.106 e. The van der Waals surface area contributed by atoms with Crippen LogP contribution in [0, 0.1) is 0 Å². The average molecular weight is 177 g/mol. The van der Waals surface area contributed by atoms with Crippen molar-refractivity contribution in [2.75, 3.05) is 7.11 Å². The first-order chi connectivity index (χ1) is 6.38. The van der Waals surface area contributed by atoms with E-state index in [-0.39, 0.29) is 0 Å². The van der Waals surface area contributed by atoms with Gasteiger partial charge in [-0.25, -0.2) is 0 Å². The van der Waals surface area contributed by atoms with Crippen molar-refractivity contribution < 1.29 is 4.84 Å². The quantitative estimate of drug-likeness (QED) is 0.512. The molecule has 0 fully saturated rings. The number of oxime groups is 1. The van der Waals surface area contributed by atoms with Crippen molar-refractivity contribution in [2.45, 2.75) is 19.8 Å². The molecule has 0 aliphatic heterocycles. The Morgan fingerprint density at radius 1 is 1.31 bits per heavy atom. The molecule has 0 unspecified atom stereocenters. The molecule has 1 aromatic carbocycles. The van der Waals surface area contributed by atoms with Crippen molar-refractivity contribution in [3.8, 4) is 0 Å². The summed E-state index contributed by atoms with van der Waals surface area (Å²) in [6.45, 7) is 2.13. The van der Waals surface area contributed by atoms with Crippen molar-refractivity contribution in [3.63, 3.8) is 0 Å². The van der Waals surface area contributed by atoms with Gasteiger partial charge in [0.1, 0.15) is 7.11 Å². The summed E-state index contributed by atoms with van der Waals surface area (Å²) in [7, 11) is 1.58. The van der Waals surface area contributed by atoms with E-state index in [4.69, 9.17) is 4.84 Å². The zero-order valence-corrected chi connectivity index (χ0v) is 8.16. The molecule has 2 nitrogen and oxygen atoms in total. The SMILES string of the molecule is CCCC(=NOC)c1ccccc1. The number of benzene rings is 1. The Hall–Kier alpha value is -1.31. The van der Waals surface area contributed by atoms with Gasteiger partial charge in [-0.1, -0.05) is 48.8 Å². The molecule has 0 bridgehead atoms. The molecule has 0 aromatic heterocycles. The molecular weight excluding hydrogens is 162 g/mol. The minimum absolute atomic E-state index is 0.956. The molecule has 13 heavy (non-hydrogen) atoms. The van der Waals surface area contributed by atoms with Crippen molar-refractivity contribution in [2.24, 2.45) is 5.16 Å². The van der Waals surface area contributed by atoms with Gasteiger partial charge in [-0.05, 0) is 12.0 Å². The summed E-state index contributed by atoms with van der Waals surface area (Å²) in [4.78, 5) is 4.80. The van der Waals surface area contributed by atoms with Crippen LogP contribution in [0.3, 0.4) is 0 Å². The van der Waals surface area contributed by atoms with Gasteiger partial charge in [0.05, 0.1) is 5.71 Å². The molecule has 1 rings (SSSR count). The molecule has 0 aliphatic rings. The Labute approximate surface area is 79.2 Å². The smallest absolute Gasteiger partial charge is 0.106 e. The third kappa shape index (κ3) is 2.90. The first-order valence-electron chi connectivity index (χ1n) is 4.54. The van der Waals surface area contributed by atoms with Gasteiger partial charge in [0, 0.05) is 0 Å². The molecular formula is C11H15NO. The summed E-state index contributed by atoms with van der Waals surface area (Å²) in [5.41, 5.74) is 2.16. The van der Waals surface area contributed by atoms with Crippen LogP contribution in [0.4, 0.5) is 0 Å². The highest BCUT2D eigenvalue weighted by molar-refractivity contribution is 6.00. The van der Waals surface area contributed by atoms with Crippen LogP contribution in [-0.2, 0) is 4.84 Å². The highest BCUT2D eigenvalue weighted by Gasteiger charge is 2.01. The van der Waals surface area contributed by atoms with Crippen LogP contribution in [-0.4, -0.2) is 12.8 Å². The normalized spacial score (nSPS) is 11.4. The lowest BCUT2D eigenvalue weighted by Gasteiger charge is -2.03. The second-order valence-electron chi connectivity index (χ2n) is 2.84. The highest BCUT2D eigenvalue weighted by atomic mass is 16.6. The lowest BCUT2D eigenvalue weighted by Crippen LogP contribution is -2.00. The van der Waals surface area contributed by atoms with Crippen LogP contribution in [0.2, 0.25) is 0 Å². The van der Waals surface area contributed by atoms with E-state index in [1.165, 1.54) is 0 Å². The predicted octanol–water partition coefficient (Wildman–Crippen LogP) is 2.84. The molecule has 0 saturated carbocycles. The minimum Gasteiger partial charge on any atom is -0.399 e. The topological polar surface area (TPSA) is 21.6 Å². The summed E-state index contributed by atoms with van der Waals surface area (Å²) in [5, 5.41) is 4.00. The molecule has 0 heterocycles. The molecule has 0 aliphatic carbocycles. The van der Waals surface area contributed by atoms with Gasteiger partial charge in [0.25, 0.3) is 0 Å². The van der Waals surface area contributed by atoms with Gasteiger partial charge in [-0.2, -0.15) is 0 Å². The Bertz CT molecular complexity index is 267. The monoisotopic (exact) mass is 177 g/mol. The second kappa shape index (κ2) is 5.36. The fourth-order valence-corrected chi connectivity index (χ4v) is 1.22. The number of hydrogen-bond donors (Lipinski definition) is 0. The minimum atomic E-state index is 0.956. The molecule has 0 N–H and O–H groups in total. The number of rotatable bonds is 4. The fraction of sp³-hybridized carbons (Fsp3) is 0.364. The second-order valence-corrected chi connectivity index (χ2v) is 2.84. The van der Waals surface area contributed by atoms with Gasteiger partial charge in [0.2, 0.25) is 0 Å². The Kier molecular flexibility index (Phi) is 4.03. The van der Waals surface area contributed by atoms with Crippen LogP contribution >= 0.6 is 0 Å². The summed E-state index contributed by atoms with van der Waals surface area (Å²) < 4.78 is 0. The molecule has 0 atom stereocenters.